The number of allylic oxidation sites excluding steroid dienone is 12. The highest BCUT2D eigenvalue weighted by Gasteiger charge is 2.29. The van der Waals surface area contributed by atoms with Gasteiger partial charge in [-0.15, -0.1) is 0 Å². The van der Waals surface area contributed by atoms with Crippen LogP contribution in [-0.2, 0) is 55.8 Å². The molecule has 0 aliphatic carbocycles. The van der Waals surface area contributed by atoms with Crippen molar-refractivity contribution in [3.8, 4) is 0 Å². The second kappa shape index (κ2) is 67.0. The average Bonchev–Trinajstić information content (AvgIpc) is 3.70. The van der Waals surface area contributed by atoms with Crippen molar-refractivity contribution in [2.24, 2.45) is 0 Å². The third-order valence-electron chi connectivity index (χ3n) is 15.4. The van der Waals surface area contributed by atoms with Crippen LogP contribution in [0.1, 0.15) is 316 Å². The van der Waals surface area contributed by atoms with E-state index in [-0.39, 0.29) is 19.3 Å². The largest absolute Gasteiger partial charge is 0.472 e. The van der Waals surface area contributed by atoms with Gasteiger partial charge in [0.2, 0.25) is 0 Å². The minimum absolute atomic E-state index is 0.0992. The standard InChI is InChI=1S/C73H132O16P2/c1-4-7-10-13-16-19-22-25-27-28-29-30-31-32-33-34-35-36-37-38-40-43-44-47-50-53-56-59-71(76)83-62-68(74)63-85-90(79,80)86-64-69(75)65-87-91(81,82)88-67-70(89-73(78)61-58-55-52-49-46-41-24-21-18-15-12-9-6-3)66-84-72(77)60-57-54-51-48-45-42-39-26-23-20-17-14-11-8-5-2/h7,10,16,19,21,24-25,27,29-30,32-33,68-70,74-75H,4-6,8-9,11-15,17-18,20,22-23,26,28,31,34-67H2,1-3H3,(H,79,80)(H,81,82)/b10-7-,19-16-,24-21-,27-25-,30-29-,33-32-. The number of aliphatic hydroxyl groups excluding tert-OH is 2. The molecular weight excluding hydrogens is 1190 g/mol. The van der Waals surface area contributed by atoms with Crippen LogP contribution in [0.15, 0.2) is 72.9 Å². The van der Waals surface area contributed by atoms with Crippen LogP contribution in [0.3, 0.4) is 0 Å². The van der Waals surface area contributed by atoms with Crippen LogP contribution in [0.25, 0.3) is 0 Å². The van der Waals surface area contributed by atoms with Crippen molar-refractivity contribution in [3.05, 3.63) is 72.9 Å². The van der Waals surface area contributed by atoms with Crippen molar-refractivity contribution in [3.63, 3.8) is 0 Å². The highest BCUT2D eigenvalue weighted by molar-refractivity contribution is 7.47. The second-order valence-corrected chi connectivity index (χ2v) is 27.3. The molecule has 0 aliphatic rings. The fourth-order valence-electron chi connectivity index (χ4n) is 9.89. The highest BCUT2D eigenvalue weighted by atomic mass is 31.2. The van der Waals surface area contributed by atoms with Gasteiger partial charge in [-0.3, -0.25) is 32.5 Å². The number of ether oxygens (including phenoxy) is 3. The SMILES string of the molecule is CC/C=C\C/C=C\C/C=C\C/C=C\C/C=C\CCCCCCCCCCCCCC(=O)OCC(O)COP(=O)(O)OCC(O)COP(=O)(O)OCC(COC(=O)CCCCCCCCCCCCCCCCC)OC(=O)CCCCCCC/C=C\CCCCCC. The Labute approximate surface area is 553 Å². The molecule has 0 saturated heterocycles. The lowest BCUT2D eigenvalue weighted by atomic mass is 10.0. The molecule has 0 aliphatic heterocycles. The third kappa shape index (κ3) is 68.2. The van der Waals surface area contributed by atoms with Crippen molar-refractivity contribution < 1.29 is 75.8 Å². The number of rotatable bonds is 69. The predicted octanol–water partition coefficient (Wildman–Crippen LogP) is 20.3. The zero-order chi connectivity index (χ0) is 66.7. The Hall–Kier alpha value is -3.01. The molecule has 16 nitrogen and oxygen atoms in total. The van der Waals surface area contributed by atoms with Gasteiger partial charge in [0, 0.05) is 19.3 Å². The number of phosphoric ester groups is 2. The van der Waals surface area contributed by atoms with Crippen LogP contribution < -0.4 is 0 Å². The first-order valence-electron chi connectivity index (χ1n) is 36.2. The zero-order valence-electron chi connectivity index (χ0n) is 57.5. The Kier molecular flexibility index (Phi) is 64.8. The molecule has 0 rings (SSSR count). The summed E-state index contributed by atoms with van der Waals surface area (Å²) in [4.78, 5) is 58.4. The molecule has 18 heteroatoms. The molecule has 0 aromatic carbocycles. The summed E-state index contributed by atoms with van der Waals surface area (Å²) < 4.78 is 60.9. The summed E-state index contributed by atoms with van der Waals surface area (Å²) in [5.74, 6) is -1.57. The molecule has 5 atom stereocenters. The molecule has 0 aromatic rings. The van der Waals surface area contributed by atoms with Crippen molar-refractivity contribution in [2.75, 3.05) is 39.6 Å². The van der Waals surface area contributed by atoms with E-state index in [1.165, 1.54) is 141 Å². The van der Waals surface area contributed by atoms with Gasteiger partial charge in [0.25, 0.3) is 0 Å². The normalized spacial score (nSPS) is 14.6. The lowest BCUT2D eigenvalue weighted by molar-refractivity contribution is -0.161. The fourth-order valence-corrected chi connectivity index (χ4v) is 11.5. The van der Waals surface area contributed by atoms with Crippen molar-refractivity contribution in [2.45, 2.75) is 334 Å². The van der Waals surface area contributed by atoms with Crippen LogP contribution in [0.2, 0.25) is 0 Å². The van der Waals surface area contributed by atoms with E-state index in [1.807, 2.05) is 0 Å². The molecule has 0 amide bonds. The third-order valence-corrected chi connectivity index (χ3v) is 17.3. The van der Waals surface area contributed by atoms with Crippen molar-refractivity contribution >= 4 is 33.6 Å². The minimum Gasteiger partial charge on any atom is -0.463 e. The van der Waals surface area contributed by atoms with E-state index in [4.69, 9.17) is 32.3 Å². The smallest absolute Gasteiger partial charge is 0.463 e. The van der Waals surface area contributed by atoms with Gasteiger partial charge in [-0.2, -0.15) is 0 Å². The summed E-state index contributed by atoms with van der Waals surface area (Å²) in [5.41, 5.74) is 0. The first-order valence-corrected chi connectivity index (χ1v) is 39.2. The molecule has 0 spiro atoms. The number of unbranched alkanes of at least 4 members (excludes halogenated alkanes) is 34. The van der Waals surface area contributed by atoms with E-state index >= 15 is 0 Å². The van der Waals surface area contributed by atoms with Gasteiger partial charge >= 0.3 is 33.6 Å². The number of carbonyl (C=O) groups excluding carboxylic acids is 3. The maximum Gasteiger partial charge on any atom is 0.472 e. The highest BCUT2D eigenvalue weighted by Crippen LogP contribution is 2.45. The molecule has 0 fully saturated rings. The number of carbonyl (C=O) groups is 3. The Morgan fingerprint density at radius 3 is 0.945 bits per heavy atom. The summed E-state index contributed by atoms with van der Waals surface area (Å²) >= 11 is 0. The Morgan fingerprint density at radius 1 is 0.319 bits per heavy atom. The molecular formula is C73H132O16P2. The van der Waals surface area contributed by atoms with Crippen molar-refractivity contribution in [1.29, 1.82) is 0 Å². The fraction of sp³-hybridized carbons (Fsp3) is 0.795. The maximum absolute atomic E-state index is 12.9. The minimum atomic E-state index is -4.92. The van der Waals surface area contributed by atoms with E-state index < -0.39 is 91.5 Å². The number of phosphoric acid groups is 2. The Bertz CT molecular complexity index is 1950. The summed E-state index contributed by atoms with van der Waals surface area (Å²) in [6, 6.07) is 0. The van der Waals surface area contributed by atoms with Crippen LogP contribution in [0.5, 0.6) is 0 Å². The zero-order valence-corrected chi connectivity index (χ0v) is 59.3. The number of esters is 3. The van der Waals surface area contributed by atoms with Crippen LogP contribution in [-0.4, -0.2) is 95.9 Å². The summed E-state index contributed by atoms with van der Waals surface area (Å²) in [6.07, 6.45) is 71.0. The van der Waals surface area contributed by atoms with E-state index in [0.29, 0.717) is 19.3 Å². The molecule has 91 heavy (non-hydrogen) atoms. The van der Waals surface area contributed by atoms with E-state index in [2.05, 4.69) is 93.7 Å². The van der Waals surface area contributed by atoms with Gasteiger partial charge < -0.3 is 34.2 Å². The number of hydrogen-bond acceptors (Lipinski definition) is 14. The molecule has 0 heterocycles. The Morgan fingerprint density at radius 2 is 0.582 bits per heavy atom. The molecule has 0 saturated carbocycles. The Balaban J connectivity index is 4.47. The monoisotopic (exact) mass is 1330 g/mol. The van der Waals surface area contributed by atoms with E-state index in [1.54, 1.807) is 0 Å². The van der Waals surface area contributed by atoms with Gasteiger partial charge in [0.15, 0.2) is 6.10 Å². The first kappa shape index (κ1) is 88.0. The summed E-state index contributed by atoms with van der Waals surface area (Å²) in [5, 5.41) is 20.6. The number of hydrogen-bond donors (Lipinski definition) is 4. The molecule has 530 valence electrons. The van der Waals surface area contributed by atoms with Crippen molar-refractivity contribution in [1.82, 2.24) is 0 Å². The van der Waals surface area contributed by atoms with Crippen LogP contribution in [0.4, 0.5) is 0 Å². The predicted molar refractivity (Wildman–Crippen MR) is 372 cm³/mol. The topological polar surface area (TPSA) is 231 Å². The molecule has 5 unspecified atom stereocenters. The van der Waals surface area contributed by atoms with E-state index in [9.17, 15) is 43.5 Å². The first-order chi connectivity index (χ1) is 44.2. The molecule has 4 N–H and O–H groups in total. The van der Waals surface area contributed by atoms with Gasteiger partial charge in [0.05, 0.1) is 26.4 Å². The van der Waals surface area contributed by atoms with E-state index in [0.717, 1.165) is 116 Å². The maximum atomic E-state index is 12.9. The van der Waals surface area contributed by atoms with Gasteiger partial charge in [0.1, 0.15) is 25.4 Å². The average molecular weight is 1330 g/mol. The number of aliphatic hydroxyl groups is 2. The summed E-state index contributed by atoms with van der Waals surface area (Å²) in [7, 11) is -9.77. The quantitative estimate of drug-likeness (QED) is 0.0146. The molecule has 0 radical (unpaired) electrons. The van der Waals surface area contributed by atoms with Gasteiger partial charge in [-0.1, -0.05) is 280 Å². The second-order valence-electron chi connectivity index (χ2n) is 24.4. The van der Waals surface area contributed by atoms with Crippen LogP contribution >= 0.6 is 15.6 Å². The van der Waals surface area contributed by atoms with Gasteiger partial charge in [-0.25, -0.2) is 9.13 Å². The summed E-state index contributed by atoms with van der Waals surface area (Å²) in [6.45, 7) is 2.57. The van der Waals surface area contributed by atoms with Crippen LogP contribution in [0, 0.1) is 0 Å². The van der Waals surface area contributed by atoms with Gasteiger partial charge in [-0.05, 0) is 89.9 Å². The molecule has 0 aromatic heterocycles. The lowest BCUT2D eigenvalue weighted by Crippen LogP contribution is -2.30. The molecule has 0 bridgehead atoms. The lowest BCUT2D eigenvalue weighted by Gasteiger charge is -2.21.